The fraction of sp³-hybridized carbons (Fsp3) is 0.382. The highest BCUT2D eigenvalue weighted by atomic mass is 35.5. The van der Waals surface area contributed by atoms with Crippen LogP contribution in [-0.4, -0.2) is 41.9 Å². The van der Waals surface area contributed by atoms with Gasteiger partial charge in [-0.3, -0.25) is 14.4 Å². The summed E-state index contributed by atoms with van der Waals surface area (Å²) < 4.78 is 11.0. The van der Waals surface area contributed by atoms with Crippen LogP contribution in [-0.2, 0) is 14.3 Å². The van der Waals surface area contributed by atoms with Crippen LogP contribution < -0.4 is 14.5 Å². The van der Waals surface area contributed by atoms with Crippen LogP contribution in [0, 0.1) is 0 Å². The third-order valence-electron chi connectivity index (χ3n) is 7.69. The summed E-state index contributed by atoms with van der Waals surface area (Å²) in [5.41, 5.74) is 2.93. The van der Waals surface area contributed by atoms with Crippen molar-refractivity contribution in [1.82, 2.24) is 0 Å². The van der Waals surface area contributed by atoms with Gasteiger partial charge in [0.05, 0.1) is 19.3 Å². The van der Waals surface area contributed by atoms with E-state index in [1.165, 1.54) is 0 Å². The van der Waals surface area contributed by atoms with Gasteiger partial charge in [0.2, 0.25) is 5.91 Å². The Morgan fingerprint density at radius 2 is 1.65 bits per heavy atom. The average Bonchev–Trinajstić information content (AvgIpc) is 2.98. The molecule has 3 aromatic rings. The number of rotatable bonds is 11. The highest BCUT2D eigenvalue weighted by molar-refractivity contribution is 6.34. The van der Waals surface area contributed by atoms with E-state index in [9.17, 15) is 14.4 Å². The zero-order valence-electron chi connectivity index (χ0n) is 25.0. The lowest BCUT2D eigenvalue weighted by molar-refractivity contribution is -0.147. The smallest absolute Gasteiger partial charge is 0.327 e. The van der Waals surface area contributed by atoms with Gasteiger partial charge in [-0.2, -0.15) is 0 Å². The SMILES string of the molecule is CCCC(Cl)(CCOc1ccc(C(=O)N2c3ccccc3C(N(C(C)=O)c3ccc(Cl)cc3)CC2C)cc1)C(=O)OCC. The van der Waals surface area contributed by atoms with Gasteiger partial charge in [-0.05, 0) is 86.8 Å². The molecule has 0 aromatic heterocycles. The predicted molar refractivity (Wildman–Crippen MR) is 171 cm³/mol. The summed E-state index contributed by atoms with van der Waals surface area (Å²) >= 11 is 12.7. The number of benzene rings is 3. The Morgan fingerprint density at radius 1 is 0.977 bits per heavy atom. The first kappa shape index (κ1) is 32.4. The van der Waals surface area contributed by atoms with E-state index in [1.807, 2.05) is 50.2 Å². The summed E-state index contributed by atoms with van der Waals surface area (Å²) in [6, 6.07) is 21.5. The number of fused-ring (bicyclic) bond motifs is 1. The van der Waals surface area contributed by atoms with Crippen molar-refractivity contribution in [3.8, 4) is 5.75 Å². The molecule has 1 aliphatic rings. The Kier molecular flexibility index (Phi) is 10.7. The van der Waals surface area contributed by atoms with Crippen molar-refractivity contribution in [2.45, 2.75) is 70.3 Å². The highest BCUT2D eigenvalue weighted by Gasteiger charge is 2.39. The second kappa shape index (κ2) is 14.3. The molecule has 2 amide bonds. The maximum Gasteiger partial charge on any atom is 0.327 e. The van der Waals surface area contributed by atoms with E-state index < -0.39 is 10.8 Å². The van der Waals surface area contributed by atoms with Crippen LogP contribution in [0.2, 0.25) is 5.02 Å². The molecular weight excluding hydrogens is 587 g/mol. The van der Waals surface area contributed by atoms with Crippen molar-refractivity contribution in [3.63, 3.8) is 0 Å². The van der Waals surface area contributed by atoms with Crippen molar-refractivity contribution in [3.05, 3.63) is 88.9 Å². The molecule has 3 unspecified atom stereocenters. The maximum absolute atomic E-state index is 13.9. The van der Waals surface area contributed by atoms with Crippen LogP contribution in [0.5, 0.6) is 5.75 Å². The van der Waals surface area contributed by atoms with Crippen LogP contribution in [0.15, 0.2) is 72.8 Å². The van der Waals surface area contributed by atoms with Crippen molar-refractivity contribution in [2.75, 3.05) is 23.0 Å². The average molecular weight is 626 g/mol. The topological polar surface area (TPSA) is 76.2 Å². The molecule has 228 valence electrons. The lowest BCUT2D eigenvalue weighted by atomic mass is 9.89. The number of nitrogens with zero attached hydrogens (tertiary/aromatic N) is 2. The largest absolute Gasteiger partial charge is 0.494 e. The summed E-state index contributed by atoms with van der Waals surface area (Å²) in [6.07, 6.45) is 2.10. The molecule has 3 atom stereocenters. The number of esters is 1. The van der Waals surface area contributed by atoms with E-state index in [2.05, 4.69) is 0 Å². The van der Waals surface area contributed by atoms with Crippen LogP contribution in [0.3, 0.4) is 0 Å². The maximum atomic E-state index is 13.9. The van der Waals surface area contributed by atoms with Crippen LogP contribution in [0.4, 0.5) is 11.4 Å². The molecule has 0 radical (unpaired) electrons. The van der Waals surface area contributed by atoms with Gasteiger partial charge < -0.3 is 19.3 Å². The molecule has 0 spiro atoms. The minimum atomic E-state index is -1.12. The Morgan fingerprint density at radius 3 is 2.28 bits per heavy atom. The molecule has 0 N–H and O–H groups in total. The van der Waals surface area contributed by atoms with Crippen molar-refractivity contribution in [1.29, 1.82) is 0 Å². The third-order valence-corrected chi connectivity index (χ3v) is 8.48. The highest BCUT2D eigenvalue weighted by Crippen LogP contribution is 2.43. The molecule has 0 aliphatic carbocycles. The minimum Gasteiger partial charge on any atom is -0.494 e. The quantitative estimate of drug-likeness (QED) is 0.160. The van der Waals surface area contributed by atoms with E-state index in [-0.39, 0.29) is 37.1 Å². The molecule has 1 aliphatic heterocycles. The number of ether oxygens (including phenoxy) is 2. The van der Waals surface area contributed by atoms with E-state index in [0.717, 1.165) is 23.4 Å². The molecule has 4 rings (SSSR count). The molecule has 0 bridgehead atoms. The Balaban J connectivity index is 1.51. The fourth-order valence-corrected chi connectivity index (χ4v) is 6.11. The van der Waals surface area contributed by atoms with Gasteiger partial charge in [-0.15, -0.1) is 11.6 Å². The summed E-state index contributed by atoms with van der Waals surface area (Å²) in [5.74, 6) is -0.0899. The van der Waals surface area contributed by atoms with Gasteiger partial charge >= 0.3 is 5.97 Å². The second-order valence-electron chi connectivity index (χ2n) is 10.8. The van der Waals surface area contributed by atoms with Crippen LogP contribution in [0.1, 0.15) is 75.3 Å². The van der Waals surface area contributed by atoms with E-state index in [1.54, 1.807) is 60.0 Å². The Hall–Kier alpha value is -3.55. The van der Waals surface area contributed by atoms with Gasteiger partial charge in [-0.25, -0.2) is 0 Å². The number of amides is 2. The van der Waals surface area contributed by atoms with E-state index >= 15 is 0 Å². The standard InChI is InChI=1S/C34H38Cl2N2O5/c1-5-19-34(36,33(41)42-6-2)20-21-43-28-17-11-25(12-18-28)32(40)37-23(3)22-31(29-9-7-8-10-30(29)37)38(24(4)39)27-15-13-26(35)14-16-27/h7-18,23,31H,5-6,19-22H2,1-4H3. The molecule has 0 saturated heterocycles. The molecule has 0 saturated carbocycles. The summed E-state index contributed by atoms with van der Waals surface area (Å²) in [6.45, 7) is 7.77. The number of anilines is 2. The first-order chi connectivity index (χ1) is 20.6. The number of hydrogen-bond donors (Lipinski definition) is 0. The van der Waals surface area contributed by atoms with Gasteiger partial charge in [0.25, 0.3) is 5.91 Å². The summed E-state index contributed by atoms with van der Waals surface area (Å²) in [7, 11) is 0. The van der Waals surface area contributed by atoms with Crippen molar-refractivity contribution >= 4 is 52.4 Å². The number of alkyl halides is 1. The zero-order chi connectivity index (χ0) is 31.1. The van der Waals surface area contributed by atoms with Gasteiger partial charge in [0, 0.05) is 41.3 Å². The summed E-state index contributed by atoms with van der Waals surface area (Å²) in [4.78, 5) is 41.6. The monoisotopic (exact) mass is 624 g/mol. The first-order valence-electron chi connectivity index (χ1n) is 14.7. The van der Waals surface area contributed by atoms with E-state index in [0.29, 0.717) is 35.6 Å². The molecular formula is C34H38Cl2N2O5. The van der Waals surface area contributed by atoms with Gasteiger partial charge in [0.1, 0.15) is 10.6 Å². The second-order valence-corrected chi connectivity index (χ2v) is 11.9. The normalized spacial score (nSPS) is 17.4. The number of hydrogen-bond acceptors (Lipinski definition) is 5. The van der Waals surface area contributed by atoms with Gasteiger partial charge in [0.15, 0.2) is 0 Å². The molecule has 0 fully saturated rings. The molecule has 43 heavy (non-hydrogen) atoms. The van der Waals surface area contributed by atoms with Crippen molar-refractivity contribution < 1.29 is 23.9 Å². The minimum absolute atomic E-state index is 0.0898. The molecule has 9 heteroatoms. The Bertz CT molecular complexity index is 1430. The molecule has 1 heterocycles. The van der Waals surface area contributed by atoms with E-state index in [4.69, 9.17) is 32.7 Å². The number of para-hydroxylation sites is 1. The molecule has 7 nitrogen and oxygen atoms in total. The van der Waals surface area contributed by atoms with Crippen LogP contribution in [0.25, 0.3) is 0 Å². The van der Waals surface area contributed by atoms with Gasteiger partial charge in [-0.1, -0.05) is 43.1 Å². The fourth-order valence-electron chi connectivity index (χ4n) is 5.67. The lowest BCUT2D eigenvalue weighted by Gasteiger charge is -2.43. The molecule has 3 aromatic carbocycles. The number of carbonyl (C=O) groups excluding carboxylic acids is 3. The Labute approximate surface area is 263 Å². The van der Waals surface area contributed by atoms with Crippen molar-refractivity contribution in [2.24, 2.45) is 0 Å². The third kappa shape index (κ3) is 7.34. The first-order valence-corrected chi connectivity index (χ1v) is 15.4. The predicted octanol–water partition coefficient (Wildman–Crippen LogP) is 7.98. The number of halogens is 2. The zero-order valence-corrected chi connectivity index (χ0v) is 26.5. The lowest BCUT2D eigenvalue weighted by Crippen LogP contribution is -2.47. The summed E-state index contributed by atoms with van der Waals surface area (Å²) in [5, 5.41) is 0.596. The van der Waals surface area contributed by atoms with Crippen LogP contribution >= 0.6 is 23.2 Å². The number of carbonyl (C=O) groups is 3.